The number of hydrogen-bond donors (Lipinski definition) is 0. The third-order valence-corrected chi connectivity index (χ3v) is 14.7. The molecule has 7 fully saturated rings. The monoisotopic (exact) mass is 1090 g/mol. The molecule has 0 aromatic heterocycles. The summed E-state index contributed by atoms with van der Waals surface area (Å²) in [5, 5.41) is 56.2. The van der Waals surface area contributed by atoms with Crippen LogP contribution in [-0.2, 0) is 44.8 Å². The summed E-state index contributed by atoms with van der Waals surface area (Å²) >= 11 is 0. The van der Waals surface area contributed by atoms with Gasteiger partial charge < -0.3 is 21.3 Å². The molecule has 3 saturated heterocycles. The van der Waals surface area contributed by atoms with Gasteiger partial charge in [0.15, 0.2) is 0 Å². The third-order valence-electron chi connectivity index (χ3n) is 14.7. The van der Waals surface area contributed by atoms with E-state index in [4.69, 9.17) is 31.0 Å². The summed E-state index contributed by atoms with van der Waals surface area (Å²) in [4.78, 5) is 0. The fourth-order valence-corrected chi connectivity index (χ4v) is 10.9. The van der Waals surface area contributed by atoms with E-state index in [1.807, 2.05) is 49.3 Å². The number of nitrogens with zero attached hydrogens (tertiary/aromatic N) is 12. The van der Waals surface area contributed by atoms with E-state index in [0.717, 1.165) is 61.7 Å². The summed E-state index contributed by atoms with van der Waals surface area (Å²) in [7, 11) is 0. The van der Waals surface area contributed by atoms with Crippen molar-refractivity contribution in [2.45, 2.75) is 210 Å². The van der Waals surface area contributed by atoms with Gasteiger partial charge in [0, 0.05) is 48.5 Å². The number of allylic oxidation sites excluding steroid dienone is 2. The smallest absolute Gasteiger partial charge is 0.680 e. The van der Waals surface area contributed by atoms with Crippen LogP contribution >= 0.6 is 0 Å². The Morgan fingerprint density at radius 1 is 0.348 bits per heavy atom. The number of piperidine rings is 3. The zero-order valence-corrected chi connectivity index (χ0v) is 42.8. The van der Waals surface area contributed by atoms with Crippen LogP contribution in [0.15, 0.2) is 65.2 Å². The Morgan fingerprint density at radius 2 is 0.652 bits per heavy atom. The predicted octanol–water partition coefficient (Wildman–Crippen LogP) is 13.6. The van der Waals surface area contributed by atoms with E-state index in [2.05, 4.69) is 31.0 Å². The average Bonchev–Trinajstić information content (AvgIpc) is 3.37. The van der Waals surface area contributed by atoms with Gasteiger partial charge in [-0.3, -0.25) is 0 Å². The van der Waals surface area contributed by atoms with Crippen LogP contribution in [0, 0.1) is 23.7 Å². The second-order valence-corrected chi connectivity index (χ2v) is 19.6. The molecule has 0 aromatic carbocycles. The van der Waals surface area contributed by atoms with Crippen LogP contribution in [-0.4, -0.2) is 91.5 Å². The molecule has 4 atom stereocenters. The Labute approximate surface area is 429 Å². The molecular weight excluding hydrogens is 1010 g/mol. The summed E-state index contributed by atoms with van der Waals surface area (Å²) in [6.07, 6.45) is 51.3. The van der Waals surface area contributed by atoms with Crippen molar-refractivity contribution < 1.29 is 44.8 Å². The van der Waals surface area contributed by atoms with E-state index in [1.54, 1.807) is 0 Å². The first-order valence-corrected chi connectivity index (χ1v) is 26.3. The van der Waals surface area contributed by atoms with Gasteiger partial charge in [0.25, 0.3) is 0 Å². The van der Waals surface area contributed by atoms with Gasteiger partial charge in [-0.05, 0) is 51.4 Å². The molecule has 372 valence electrons. The normalized spacial score (nSPS) is 28.8. The Morgan fingerprint density at radius 3 is 0.924 bits per heavy atom. The van der Waals surface area contributed by atoms with Crippen molar-refractivity contribution in [2.24, 2.45) is 64.5 Å². The van der Waals surface area contributed by atoms with Crippen molar-refractivity contribution in [1.29, 1.82) is 0 Å². The Hall–Kier alpha value is -2.00. The molecular formula is C52H80Ag2N12-2. The number of rotatable bonds is 14. The Balaban J connectivity index is 0.000000240. The average molecular weight is 1090 g/mol. The van der Waals surface area contributed by atoms with Crippen molar-refractivity contribution in [1.82, 2.24) is 0 Å². The van der Waals surface area contributed by atoms with Crippen molar-refractivity contribution in [3.05, 3.63) is 45.7 Å². The second-order valence-electron chi connectivity index (χ2n) is 19.6. The van der Waals surface area contributed by atoms with Crippen LogP contribution in [0.25, 0.3) is 21.3 Å². The quantitative estimate of drug-likeness (QED) is 0.0923. The van der Waals surface area contributed by atoms with Crippen LogP contribution in [0.2, 0.25) is 0 Å². The molecule has 0 spiro atoms. The summed E-state index contributed by atoms with van der Waals surface area (Å²) in [6, 6.07) is 0.667. The first kappa shape index (κ1) is 54.9. The van der Waals surface area contributed by atoms with Gasteiger partial charge in [-0.25, -0.2) is 0 Å². The van der Waals surface area contributed by atoms with Crippen LogP contribution < -0.4 is 0 Å². The molecule has 0 radical (unpaired) electrons. The zero-order valence-electron chi connectivity index (χ0n) is 39.8. The third kappa shape index (κ3) is 19.1. The van der Waals surface area contributed by atoms with Crippen molar-refractivity contribution >= 4 is 47.7 Å². The zero-order chi connectivity index (χ0) is 43.7. The number of hydrogen-bond acceptors (Lipinski definition) is 8. The molecule has 4 heterocycles. The summed E-state index contributed by atoms with van der Waals surface area (Å²) in [5.74, 6) is 1.83. The molecule has 4 unspecified atom stereocenters. The minimum absolute atomic E-state index is 0. The molecule has 4 aliphatic heterocycles. The van der Waals surface area contributed by atoms with E-state index < -0.39 is 0 Å². The first-order valence-electron chi connectivity index (χ1n) is 26.3. The molecule has 0 aromatic rings. The first-order chi connectivity index (χ1) is 31.8. The molecule has 0 N–H and O–H groups in total. The standard InChI is InChI=1S/C26H42N6.C26H38N6.2Ag/c2*1-3-11-21(12-4-1)25(31-29-19-23-15-7-9-17-27-23)26(22-13-5-2-6-14-22)32-30-20-24-16-8-10-18-28-24;;/h19-24H,1-18H2;7,9,15,17,19-24H,1-6,8,10-14,16,18H2;;/q2*-2;2*+1. The maximum atomic E-state index is 4.88. The van der Waals surface area contributed by atoms with Crippen molar-refractivity contribution in [3.63, 3.8) is 0 Å². The van der Waals surface area contributed by atoms with E-state index in [1.165, 1.54) is 167 Å². The van der Waals surface area contributed by atoms with Crippen LogP contribution in [0.1, 0.15) is 186 Å². The van der Waals surface area contributed by atoms with Crippen LogP contribution in [0.5, 0.6) is 0 Å². The second kappa shape index (κ2) is 32.7. The van der Waals surface area contributed by atoms with E-state index in [0.29, 0.717) is 23.7 Å². The molecule has 8 rings (SSSR count). The molecule has 12 nitrogen and oxygen atoms in total. The van der Waals surface area contributed by atoms with Gasteiger partial charge in [0.1, 0.15) is 0 Å². The minimum atomic E-state index is -0.0302. The molecule has 4 aliphatic carbocycles. The largest absolute Gasteiger partial charge is 1.00 e. The Kier molecular flexibility index (Phi) is 27.3. The van der Waals surface area contributed by atoms with E-state index in [9.17, 15) is 0 Å². The Bertz CT molecular complexity index is 1600. The van der Waals surface area contributed by atoms with E-state index in [-0.39, 0.29) is 68.9 Å². The van der Waals surface area contributed by atoms with Gasteiger partial charge in [-0.2, -0.15) is 47.0 Å². The molecule has 0 bridgehead atoms. The maximum Gasteiger partial charge on any atom is 1.00 e. The summed E-state index contributed by atoms with van der Waals surface area (Å²) in [6.45, 7) is 2.88. The van der Waals surface area contributed by atoms with Crippen LogP contribution in [0.3, 0.4) is 0 Å². The van der Waals surface area contributed by atoms with Crippen molar-refractivity contribution in [3.8, 4) is 0 Å². The van der Waals surface area contributed by atoms with Crippen molar-refractivity contribution in [2.75, 3.05) is 19.6 Å². The molecule has 14 heteroatoms. The van der Waals surface area contributed by atoms with Gasteiger partial charge in [0.05, 0.1) is 22.8 Å². The molecule has 66 heavy (non-hydrogen) atoms. The van der Waals surface area contributed by atoms with Crippen LogP contribution in [0.4, 0.5) is 0 Å². The van der Waals surface area contributed by atoms with Gasteiger partial charge in [0.2, 0.25) is 0 Å². The van der Waals surface area contributed by atoms with Gasteiger partial charge >= 0.3 is 44.8 Å². The summed E-state index contributed by atoms with van der Waals surface area (Å²) in [5.41, 5.74) is 4.43. The fourth-order valence-electron chi connectivity index (χ4n) is 10.9. The predicted molar refractivity (Wildman–Crippen MR) is 273 cm³/mol. The molecule has 0 amide bonds. The van der Waals surface area contributed by atoms with Gasteiger partial charge in [-0.1, -0.05) is 177 Å². The summed E-state index contributed by atoms with van der Waals surface area (Å²) < 4.78 is 0. The van der Waals surface area contributed by atoms with Gasteiger partial charge in [-0.15, -0.1) is 19.6 Å². The fraction of sp³-hybridized carbons (Fsp3) is 0.769. The maximum absolute atomic E-state index is 4.88. The molecule has 4 saturated carbocycles. The van der Waals surface area contributed by atoms with E-state index >= 15 is 0 Å². The topological polar surface area (TPSA) is 155 Å². The minimum Gasteiger partial charge on any atom is -0.680 e. The molecule has 8 aliphatic rings. The SMILES string of the molecule is C(=NN=C(C(=NN=CC1CCCC[N-]1)C1CCCCC1)C1CCCCC1)C1CCCC[N-]1.C1=C[N-]C(C=NN=C(C(=NN=CC2CCCC[N-]2)C2CCCCC2)C2CCCCC2)C=C1.[Ag+].[Ag+].